The minimum Gasteiger partial charge on any atom is -0.493 e. The molecule has 3 heterocycles. The Bertz CT molecular complexity index is 953. The predicted molar refractivity (Wildman–Crippen MR) is 124 cm³/mol. The van der Waals surface area contributed by atoms with Crippen molar-refractivity contribution >= 4 is 5.95 Å². The first-order valence-electron chi connectivity index (χ1n) is 11.4. The van der Waals surface area contributed by atoms with Crippen molar-refractivity contribution in [1.29, 1.82) is 0 Å². The van der Waals surface area contributed by atoms with Crippen LogP contribution >= 0.6 is 0 Å². The topological polar surface area (TPSA) is 71.0 Å². The lowest BCUT2D eigenvalue weighted by Gasteiger charge is -2.33. The summed E-state index contributed by atoms with van der Waals surface area (Å²) in [4.78, 5) is 13.8. The number of methoxy groups -OCH3 is 1. The van der Waals surface area contributed by atoms with Crippen LogP contribution in [0, 0.1) is 12.3 Å². The number of ether oxygens (including phenoxy) is 2. The first-order chi connectivity index (χ1) is 15.7. The maximum atomic E-state index is 10.3. The number of rotatable bonds is 7. The second-order valence-corrected chi connectivity index (χ2v) is 8.55. The van der Waals surface area contributed by atoms with Gasteiger partial charge in [-0.3, -0.25) is 4.90 Å². The van der Waals surface area contributed by atoms with Gasteiger partial charge in [-0.25, -0.2) is 4.98 Å². The van der Waals surface area contributed by atoms with Crippen LogP contribution in [0.3, 0.4) is 0 Å². The predicted octanol–water partition coefficient (Wildman–Crippen LogP) is 3.57. The summed E-state index contributed by atoms with van der Waals surface area (Å²) in [6, 6.07) is 7.73. The minimum absolute atomic E-state index is 0.0694. The number of terminal acetylenes is 1. The highest BCUT2D eigenvalue weighted by Crippen LogP contribution is 2.32. The molecule has 32 heavy (non-hydrogen) atoms. The van der Waals surface area contributed by atoms with Crippen LogP contribution in [0.1, 0.15) is 49.3 Å². The van der Waals surface area contributed by atoms with Crippen molar-refractivity contribution in [3.8, 4) is 29.7 Å². The number of hydrogen-bond donors (Lipinski definition) is 1. The zero-order valence-electron chi connectivity index (χ0n) is 18.8. The standard InChI is InChI=1S/C25H32N4O3/c1-3-14-32-22-10-9-19(15-23(22)31-2)17-28-11-7-8-20(18-28)21-16-24(30)27-25(26-21)29-12-5-4-6-13-29/h1,9-10,15-16,20H,4-8,11-14,17-18H2,2H3,(H,26,27,30). The quantitative estimate of drug-likeness (QED) is 0.665. The van der Waals surface area contributed by atoms with Gasteiger partial charge < -0.3 is 19.5 Å². The number of hydrogen-bond acceptors (Lipinski definition) is 7. The minimum atomic E-state index is 0.0694. The fraction of sp³-hybridized carbons (Fsp3) is 0.520. The molecule has 4 rings (SSSR count). The van der Waals surface area contributed by atoms with E-state index in [4.69, 9.17) is 20.9 Å². The third-order valence-electron chi connectivity index (χ3n) is 6.23. The molecule has 1 atom stereocenters. The lowest BCUT2D eigenvalue weighted by molar-refractivity contribution is 0.198. The highest BCUT2D eigenvalue weighted by atomic mass is 16.5. The summed E-state index contributed by atoms with van der Waals surface area (Å²) < 4.78 is 11.0. The number of piperidine rings is 2. The molecule has 1 aromatic carbocycles. The molecule has 0 spiro atoms. The van der Waals surface area contributed by atoms with E-state index in [1.54, 1.807) is 13.2 Å². The zero-order chi connectivity index (χ0) is 22.3. The average Bonchev–Trinajstić information content (AvgIpc) is 2.83. The molecule has 0 radical (unpaired) electrons. The molecule has 2 aliphatic heterocycles. The van der Waals surface area contributed by atoms with Crippen LogP contribution in [-0.4, -0.2) is 59.9 Å². The highest BCUT2D eigenvalue weighted by Gasteiger charge is 2.25. The molecular weight excluding hydrogens is 404 g/mol. The fourth-order valence-corrected chi connectivity index (χ4v) is 4.63. The molecule has 7 heteroatoms. The molecular formula is C25H32N4O3. The van der Waals surface area contributed by atoms with Crippen molar-refractivity contribution in [1.82, 2.24) is 14.9 Å². The van der Waals surface area contributed by atoms with Crippen molar-refractivity contribution in [3.05, 3.63) is 35.5 Å². The molecule has 0 amide bonds. The van der Waals surface area contributed by atoms with Crippen LogP contribution in [0.2, 0.25) is 0 Å². The Kier molecular flexibility index (Phi) is 7.33. The number of nitrogens with zero attached hydrogens (tertiary/aromatic N) is 4. The lowest BCUT2D eigenvalue weighted by Crippen LogP contribution is -2.35. The lowest BCUT2D eigenvalue weighted by atomic mass is 9.94. The van der Waals surface area contributed by atoms with Crippen molar-refractivity contribution in [3.63, 3.8) is 0 Å². The van der Waals surface area contributed by atoms with Crippen molar-refractivity contribution in [2.24, 2.45) is 0 Å². The van der Waals surface area contributed by atoms with Crippen molar-refractivity contribution in [2.45, 2.75) is 44.6 Å². The van der Waals surface area contributed by atoms with Gasteiger partial charge in [-0.05, 0) is 56.3 Å². The smallest absolute Gasteiger partial charge is 0.228 e. The largest absolute Gasteiger partial charge is 0.493 e. The highest BCUT2D eigenvalue weighted by molar-refractivity contribution is 5.43. The van der Waals surface area contributed by atoms with E-state index in [1.165, 1.54) is 6.42 Å². The number of aromatic hydroxyl groups is 1. The monoisotopic (exact) mass is 436 g/mol. The van der Waals surface area contributed by atoms with E-state index in [0.717, 1.165) is 69.7 Å². The van der Waals surface area contributed by atoms with E-state index < -0.39 is 0 Å². The van der Waals surface area contributed by atoms with Gasteiger partial charge in [0.15, 0.2) is 11.5 Å². The molecule has 1 N–H and O–H groups in total. The van der Waals surface area contributed by atoms with E-state index >= 15 is 0 Å². The third kappa shape index (κ3) is 5.43. The Morgan fingerprint density at radius 1 is 1.09 bits per heavy atom. The van der Waals surface area contributed by atoms with Crippen molar-refractivity contribution < 1.29 is 14.6 Å². The summed E-state index contributed by atoms with van der Waals surface area (Å²) in [5.74, 6) is 4.85. The molecule has 7 nitrogen and oxygen atoms in total. The molecule has 2 saturated heterocycles. The second-order valence-electron chi connectivity index (χ2n) is 8.55. The van der Waals surface area contributed by atoms with Gasteiger partial charge in [0, 0.05) is 38.2 Å². The maximum absolute atomic E-state index is 10.3. The van der Waals surface area contributed by atoms with Gasteiger partial charge in [-0.1, -0.05) is 12.0 Å². The fourth-order valence-electron chi connectivity index (χ4n) is 4.63. The molecule has 170 valence electrons. The Balaban J connectivity index is 1.45. The van der Waals surface area contributed by atoms with Crippen molar-refractivity contribution in [2.75, 3.05) is 44.8 Å². The third-order valence-corrected chi connectivity index (χ3v) is 6.23. The van der Waals surface area contributed by atoms with Gasteiger partial charge in [0.05, 0.1) is 12.8 Å². The second kappa shape index (κ2) is 10.6. The Morgan fingerprint density at radius 2 is 1.94 bits per heavy atom. The van der Waals surface area contributed by atoms with E-state index in [9.17, 15) is 5.11 Å². The van der Waals surface area contributed by atoms with E-state index in [-0.39, 0.29) is 18.4 Å². The maximum Gasteiger partial charge on any atom is 0.228 e. The van der Waals surface area contributed by atoms with Gasteiger partial charge in [0.2, 0.25) is 11.8 Å². The molecule has 2 aromatic rings. The zero-order valence-corrected chi connectivity index (χ0v) is 18.8. The number of aromatic nitrogens is 2. The Morgan fingerprint density at radius 3 is 2.72 bits per heavy atom. The van der Waals surface area contributed by atoms with Crippen LogP contribution in [0.4, 0.5) is 5.95 Å². The van der Waals surface area contributed by atoms with Gasteiger partial charge in [-0.2, -0.15) is 4.98 Å². The van der Waals surface area contributed by atoms with Gasteiger partial charge in [0.25, 0.3) is 0 Å². The Hall–Kier alpha value is -2.98. The normalized spacial score (nSPS) is 19.4. The summed E-state index contributed by atoms with van der Waals surface area (Å²) in [6.07, 6.45) is 11.0. The number of anilines is 1. The first kappa shape index (κ1) is 22.2. The van der Waals surface area contributed by atoms with Crippen LogP contribution in [0.15, 0.2) is 24.3 Å². The average molecular weight is 437 g/mol. The molecule has 0 bridgehead atoms. The first-order valence-corrected chi connectivity index (χ1v) is 11.4. The van der Waals surface area contributed by atoms with Gasteiger partial charge in [-0.15, -0.1) is 6.42 Å². The molecule has 1 aromatic heterocycles. The summed E-state index contributed by atoms with van der Waals surface area (Å²) in [6.45, 7) is 4.88. The van der Waals surface area contributed by atoms with E-state index in [2.05, 4.69) is 26.8 Å². The molecule has 0 aliphatic carbocycles. The summed E-state index contributed by atoms with van der Waals surface area (Å²) in [5.41, 5.74) is 2.11. The molecule has 0 saturated carbocycles. The summed E-state index contributed by atoms with van der Waals surface area (Å²) in [5, 5.41) is 10.3. The van der Waals surface area contributed by atoms with Gasteiger partial charge >= 0.3 is 0 Å². The van der Waals surface area contributed by atoms with Crippen LogP contribution in [-0.2, 0) is 6.54 Å². The Labute approximate surface area is 190 Å². The van der Waals surface area contributed by atoms with E-state index in [1.807, 2.05) is 12.1 Å². The van der Waals surface area contributed by atoms with E-state index in [0.29, 0.717) is 17.4 Å². The van der Waals surface area contributed by atoms with Gasteiger partial charge in [0.1, 0.15) is 6.61 Å². The summed E-state index contributed by atoms with van der Waals surface area (Å²) >= 11 is 0. The van der Waals surface area contributed by atoms with Crippen LogP contribution < -0.4 is 14.4 Å². The molecule has 2 aliphatic rings. The SMILES string of the molecule is C#CCOc1ccc(CN2CCCC(c3cc(O)nc(N4CCCCC4)n3)C2)cc1OC. The number of likely N-dealkylation sites (tertiary alicyclic amines) is 1. The molecule has 1 unspecified atom stereocenters. The number of benzene rings is 1. The summed E-state index contributed by atoms with van der Waals surface area (Å²) in [7, 11) is 1.64. The van der Waals surface area contributed by atoms with Crippen LogP contribution in [0.5, 0.6) is 17.4 Å². The molecule has 2 fully saturated rings. The van der Waals surface area contributed by atoms with Crippen LogP contribution in [0.25, 0.3) is 0 Å².